The molecule has 104 valence electrons. The Labute approximate surface area is 121 Å². The first-order valence-corrected chi connectivity index (χ1v) is 6.85. The van der Waals surface area contributed by atoms with Crippen molar-refractivity contribution in [3.63, 3.8) is 0 Å². The average molecular weight is 290 g/mol. The monoisotopic (exact) mass is 290 g/mol. The van der Waals surface area contributed by atoms with Crippen LogP contribution in [-0.2, 0) is 6.61 Å². The highest BCUT2D eigenvalue weighted by Crippen LogP contribution is 2.29. The molecule has 0 aliphatic rings. The second-order valence-electron chi connectivity index (χ2n) is 3.80. The van der Waals surface area contributed by atoms with E-state index in [1.807, 2.05) is 6.92 Å². The van der Waals surface area contributed by atoms with Crippen LogP contribution in [0.4, 0.5) is 5.13 Å². The third-order valence-electron chi connectivity index (χ3n) is 2.44. The van der Waals surface area contributed by atoms with Crippen LogP contribution in [0, 0.1) is 11.3 Å². The molecule has 0 unspecified atom stereocenters. The molecular weight excluding hydrogens is 276 g/mol. The summed E-state index contributed by atoms with van der Waals surface area (Å²) in [5.41, 5.74) is 0.527. The van der Waals surface area contributed by atoms with Crippen LogP contribution in [0.1, 0.15) is 17.5 Å². The van der Waals surface area contributed by atoms with Gasteiger partial charge >= 0.3 is 0 Å². The van der Waals surface area contributed by atoms with E-state index in [-0.39, 0.29) is 0 Å². The lowest BCUT2D eigenvalue weighted by molar-refractivity contribution is 0.283. The summed E-state index contributed by atoms with van der Waals surface area (Å²) in [5.74, 6) is 1.10. The number of nitriles is 1. The Hall–Kier alpha value is -2.33. The van der Waals surface area contributed by atoms with Crippen LogP contribution in [0.25, 0.3) is 0 Å². The van der Waals surface area contributed by atoms with Crippen molar-refractivity contribution in [2.24, 2.45) is 0 Å². The highest BCUT2D eigenvalue weighted by molar-refractivity contribution is 7.15. The predicted octanol–water partition coefficient (Wildman–Crippen LogP) is 2.43. The van der Waals surface area contributed by atoms with Crippen LogP contribution in [0.2, 0.25) is 0 Å². The zero-order chi connectivity index (χ0) is 14.4. The molecule has 0 fully saturated rings. The summed E-state index contributed by atoms with van der Waals surface area (Å²) >= 11 is 1.45. The lowest BCUT2D eigenvalue weighted by Gasteiger charge is -2.09. The van der Waals surface area contributed by atoms with Crippen LogP contribution in [0.3, 0.4) is 0 Å². The molecule has 0 aliphatic heterocycles. The van der Waals surface area contributed by atoms with Gasteiger partial charge < -0.3 is 14.8 Å². The minimum absolute atomic E-state index is 0.311. The number of ether oxygens (including phenoxy) is 2. The normalized spacial score (nSPS) is 9.85. The number of nitrogens with zero attached hydrogens (tertiary/aromatic N) is 3. The molecule has 7 heteroatoms. The number of anilines is 1. The average Bonchev–Trinajstić information content (AvgIpc) is 2.93. The quantitative estimate of drug-likeness (QED) is 0.880. The molecule has 1 heterocycles. The molecule has 0 aliphatic carbocycles. The number of rotatable bonds is 6. The topological polar surface area (TPSA) is 80.1 Å². The largest absolute Gasteiger partial charge is 0.493 e. The van der Waals surface area contributed by atoms with Gasteiger partial charge in [-0.05, 0) is 19.1 Å². The molecule has 20 heavy (non-hydrogen) atoms. The minimum atomic E-state index is 0.311. The van der Waals surface area contributed by atoms with Gasteiger partial charge in [-0.25, -0.2) is 0 Å². The summed E-state index contributed by atoms with van der Waals surface area (Å²) in [6, 6.07) is 7.09. The van der Waals surface area contributed by atoms with Gasteiger partial charge in [0.05, 0.1) is 18.7 Å². The lowest BCUT2D eigenvalue weighted by Crippen LogP contribution is -1.97. The SMILES string of the molecule is CCNc1nnc(COc2ccc(C#N)cc2OC)s1. The van der Waals surface area contributed by atoms with Crippen molar-refractivity contribution in [2.75, 3.05) is 19.0 Å². The van der Waals surface area contributed by atoms with Gasteiger partial charge in [-0.15, -0.1) is 10.2 Å². The maximum atomic E-state index is 8.84. The van der Waals surface area contributed by atoms with Crippen molar-refractivity contribution in [2.45, 2.75) is 13.5 Å². The fourth-order valence-corrected chi connectivity index (χ4v) is 2.25. The van der Waals surface area contributed by atoms with E-state index in [1.54, 1.807) is 18.2 Å². The van der Waals surface area contributed by atoms with Gasteiger partial charge in [0.25, 0.3) is 0 Å². The summed E-state index contributed by atoms with van der Waals surface area (Å²) in [5, 5.41) is 21.5. The number of hydrogen-bond acceptors (Lipinski definition) is 7. The summed E-state index contributed by atoms with van der Waals surface area (Å²) in [6.45, 7) is 3.11. The zero-order valence-electron chi connectivity index (χ0n) is 11.2. The molecule has 0 saturated carbocycles. The highest BCUT2D eigenvalue weighted by Gasteiger charge is 2.08. The van der Waals surface area contributed by atoms with Crippen molar-refractivity contribution < 1.29 is 9.47 Å². The highest BCUT2D eigenvalue weighted by atomic mass is 32.1. The Bertz CT molecular complexity index is 621. The minimum Gasteiger partial charge on any atom is -0.493 e. The van der Waals surface area contributed by atoms with Gasteiger partial charge in [-0.2, -0.15) is 5.26 Å². The van der Waals surface area contributed by atoms with E-state index >= 15 is 0 Å². The predicted molar refractivity (Wildman–Crippen MR) is 76.1 cm³/mol. The molecule has 0 spiro atoms. The Morgan fingerprint density at radius 1 is 1.35 bits per heavy atom. The number of benzene rings is 1. The van der Waals surface area contributed by atoms with E-state index in [2.05, 4.69) is 21.6 Å². The summed E-state index contributed by atoms with van der Waals surface area (Å²) in [6.07, 6.45) is 0. The molecule has 1 aromatic carbocycles. The summed E-state index contributed by atoms with van der Waals surface area (Å²) < 4.78 is 10.8. The van der Waals surface area contributed by atoms with E-state index in [0.717, 1.165) is 16.7 Å². The van der Waals surface area contributed by atoms with Crippen molar-refractivity contribution in [1.29, 1.82) is 5.26 Å². The smallest absolute Gasteiger partial charge is 0.205 e. The fraction of sp³-hybridized carbons (Fsp3) is 0.308. The molecule has 2 aromatic rings. The van der Waals surface area contributed by atoms with Crippen LogP contribution in [0.15, 0.2) is 18.2 Å². The van der Waals surface area contributed by atoms with E-state index in [1.165, 1.54) is 18.4 Å². The van der Waals surface area contributed by atoms with Crippen LogP contribution in [-0.4, -0.2) is 23.9 Å². The Kier molecular flexibility index (Phi) is 4.74. The number of methoxy groups -OCH3 is 1. The van der Waals surface area contributed by atoms with E-state index in [4.69, 9.17) is 14.7 Å². The first-order chi connectivity index (χ1) is 9.76. The summed E-state index contributed by atoms with van der Waals surface area (Å²) in [4.78, 5) is 0. The lowest BCUT2D eigenvalue weighted by atomic mass is 10.2. The third kappa shape index (κ3) is 3.36. The van der Waals surface area contributed by atoms with Crippen LogP contribution in [0.5, 0.6) is 11.5 Å². The van der Waals surface area contributed by atoms with Crippen molar-refractivity contribution in [3.8, 4) is 17.6 Å². The van der Waals surface area contributed by atoms with Crippen LogP contribution < -0.4 is 14.8 Å². The maximum absolute atomic E-state index is 8.84. The fourth-order valence-electron chi connectivity index (χ4n) is 1.53. The second kappa shape index (κ2) is 6.73. The molecule has 1 N–H and O–H groups in total. The third-order valence-corrected chi connectivity index (χ3v) is 3.29. The molecule has 1 aromatic heterocycles. The van der Waals surface area contributed by atoms with E-state index in [9.17, 15) is 0 Å². The van der Waals surface area contributed by atoms with Crippen molar-refractivity contribution in [1.82, 2.24) is 10.2 Å². The van der Waals surface area contributed by atoms with Gasteiger partial charge in [-0.1, -0.05) is 11.3 Å². The molecule has 0 radical (unpaired) electrons. The van der Waals surface area contributed by atoms with E-state index < -0.39 is 0 Å². The molecule has 0 saturated heterocycles. The second-order valence-corrected chi connectivity index (χ2v) is 4.86. The van der Waals surface area contributed by atoms with Crippen LogP contribution >= 0.6 is 11.3 Å². The summed E-state index contributed by atoms with van der Waals surface area (Å²) in [7, 11) is 1.54. The van der Waals surface area contributed by atoms with E-state index in [0.29, 0.717) is 23.7 Å². The van der Waals surface area contributed by atoms with Gasteiger partial charge in [0, 0.05) is 12.6 Å². The van der Waals surface area contributed by atoms with Crippen molar-refractivity contribution in [3.05, 3.63) is 28.8 Å². The number of aromatic nitrogens is 2. The van der Waals surface area contributed by atoms with Crippen molar-refractivity contribution >= 4 is 16.5 Å². The Morgan fingerprint density at radius 3 is 2.90 bits per heavy atom. The number of hydrogen-bond donors (Lipinski definition) is 1. The maximum Gasteiger partial charge on any atom is 0.205 e. The molecule has 0 amide bonds. The zero-order valence-corrected chi connectivity index (χ0v) is 12.0. The molecule has 2 rings (SSSR count). The molecule has 6 nitrogen and oxygen atoms in total. The first kappa shape index (κ1) is 14.1. The Balaban J connectivity index is 2.04. The Morgan fingerprint density at radius 2 is 2.20 bits per heavy atom. The molecular formula is C13H14N4O2S. The molecule has 0 atom stereocenters. The number of nitrogens with one attached hydrogen (secondary N) is 1. The van der Waals surface area contributed by atoms with Gasteiger partial charge in [0.1, 0.15) is 6.61 Å². The first-order valence-electron chi connectivity index (χ1n) is 6.04. The standard InChI is InChI=1S/C13H14N4O2S/c1-3-15-13-17-16-12(20-13)8-19-10-5-4-9(7-14)6-11(10)18-2/h4-6H,3,8H2,1-2H3,(H,15,17). The van der Waals surface area contributed by atoms with Gasteiger partial charge in [-0.3, -0.25) is 0 Å². The molecule has 0 bridgehead atoms. The van der Waals surface area contributed by atoms with Gasteiger partial charge in [0.15, 0.2) is 16.5 Å². The van der Waals surface area contributed by atoms with Gasteiger partial charge in [0.2, 0.25) is 5.13 Å².